The average Bonchev–Trinajstić information content (AvgIpc) is 2.51. The smallest absolute Gasteiger partial charge is 0.459 e. The number of ether oxygens (including phenoxy) is 2. The van der Waals surface area contributed by atoms with Gasteiger partial charge in [0.1, 0.15) is 5.75 Å². The van der Waals surface area contributed by atoms with E-state index in [-0.39, 0.29) is 5.56 Å². The molecule has 0 N–H and O–H groups in total. The van der Waals surface area contributed by atoms with Gasteiger partial charge in [-0.2, -0.15) is 30.7 Å². The molecule has 25 heavy (non-hydrogen) atoms. The van der Waals surface area contributed by atoms with Gasteiger partial charge in [0, 0.05) is 7.11 Å². The molecule has 1 atom stereocenters. The van der Waals surface area contributed by atoms with Crippen LogP contribution in [0.1, 0.15) is 32.3 Å². The zero-order chi connectivity index (χ0) is 19.5. The van der Waals surface area contributed by atoms with Crippen molar-refractivity contribution in [1.29, 1.82) is 0 Å². The van der Waals surface area contributed by atoms with Crippen LogP contribution in [0.5, 0.6) is 5.75 Å². The van der Waals surface area contributed by atoms with E-state index in [1.165, 1.54) is 24.3 Å². The number of hydrogen-bond donors (Lipinski definition) is 0. The van der Waals surface area contributed by atoms with Crippen LogP contribution < -0.4 is 4.74 Å². The van der Waals surface area contributed by atoms with E-state index in [1.54, 1.807) is 0 Å². The Labute approximate surface area is 140 Å². The summed E-state index contributed by atoms with van der Waals surface area (Å²) in [5.74, 6) is -11.1. The van der Waals surface area contributed by atoms with Gasteiger partial charge in [0.05, 0.1) is 18.6 Å². The molecule has 0 heterocycles. The van der Waals surface area contributed by atoms with E-state index in [0.29, 0.717) is 12.4 Å². The Morgan fingerprint density at radius 1 is 0.920 bits per heavy atom. The predicted molar refractivity (Wildman–Crippen MR) is 77.2 cm³/mol. The third kappa shape index (κ3) is 4.56. The predicted octanol–water partition coefficient (Wildman–Crippen LogP) is 5.56. The molecule has 0 fully saturated rings. The maximum Gasteiger partial charge on any atom is 0.459 e. The molecule has 0 aromatic heterocycles. The Balaban J connectivity index is 3.10. The first-order valence-electron chi connectivity index (χ1n) is 7.41. The van der Waals surface area contributed by atoms with Crippen LogP contribution in [0.15, 0.2) is 24.3 Å². The van der Waals surface area contributed by atoms with Crippen LogP contribution in [0.25, 0.3) is 0 Å². The highest BCUT2D eigenvalue weighted by molar-refractivity contribution is 5.31. The van der Waals surface area contributed by atoms with E-state index in [9.17, 15) is 30.7 Å². The van der Waals surface area contributed by atoms with Crippen molar-refractivity contribution in [1.82, 2.24) is 0 Å². The lowest BCUT2D eigenvalue weighted by molar-refractivity contribution is -0.361. The molecule has 0 spiro atoms. The molecule has 2 nitrogen and oxygen atoms in total. The second kappa shape index (κ2) is 7.39. The van der Waals surface area contributed by atoms with E-state index >= 15 is 0 Å². The first kappa shape index (κ1) is 21.5. The molecule has 0 saturated heterocycles. The molecule has 1 aromatic rings. The Morgan fingerprint density at radius 2 is 1.44 bits per heavy atom. The summed E-state index contributed by atoms with van der Waals surface area (Å²) < 4.78 is 101. The highest BCUT2D eigenvalue weighted by Gasteiger charge is 2.73. The highest BCUT2D eigenvalue weighted by atomic mass is 19.4. The van der Waals surface area contributed by atoms with Crippen molar-refractivity contribution in [2.75, 3.05) is 13.7 Å². The summed E-state index contributed by atoms with van der Waals surface area (Å²) in [6.07, 6.45) is -7.49. The first-order chi connectivity index (χ1) is 11.3. The largest absolute Gasteiger partial charge is 0.494 e. The number of halogens is 7. The van der Waals surface area contributed by atoms with Crippen LogP contribution in [0.4, 0.5) is 30.7 Å². The van der Waals surface area contributed by atoms with Crippen molar-refractivity contribution in [3.05, 3.63) is 29.8 Å². The quantitative estimate of drug-likeness (QED) is 0.553. The van der Waals surface area contributed by atoms with E-state index in [4.69, 9.17) is 9.47 Å². The molecule has 144 valence electrons. The number of benzene rings is 1. The molecule has 9 heteroatoms. The topological polar surface area (TPSA) is 18.5 Å². The summed E-state index contributed by atoms with van der Waals surface area (Å²) in [5.41, 5.74) is -2.03. The molecule has 0 amide bonds. The van der Waals surface area contributed by atoms with Crippen molar-refractivity contribution in [2.24, 2.45) is 0 Å². The van der Waals surface area contributed by atoms with Gasteiger partial charge in [-0.15, -0.1) is 0 Å². The molecule has 0 radical (unpaired) electrons. The van der Waals surface area contributed by atoms with Gasteiger partial charge >= 0.3 is 18.0 Å². The fourth-order valence-electron chi connectivity index (χ4n) is 2.16. The van der Waals surface area contributed by atoms with Gasteiger partial charge in [-0.25, -0.2) is 0 Å². The Hall–Kier alpha value is -1.51. The van der Waals surface area contributed by atoms with Crippen LogP contribution in [0.3, 0.4) is 0 Å². The van der Waals surface area contributed by atoms with E-state index in [0.717, 1.165) is 20.5 Å². The van der Waals surface area contributed by atoms with Gasteiger partial charge in [0.15, 0.2) is 0 Å². The van der Waals surface area contributed by atoms with Crippen LogP contribution in [-0.4, -0.2) is 31.7 Å². The zero-order valence-electron chi connectivity index (χ0n) is 13.9. The zero-order valence-corrected chi connectivity index (χ0v) is 13.9. The van der Waals surface area contributed by atoms with Gasteiger partial charge in [0.2, 0.25) is 0 Å². The minimum Gasteiger partial charge on any atom is -0.494 e. The van der Waals surface area contributed by atoms with Crippen LogP contribution in [-0.2, 0) is 10.3 Å². The Morgan fingerprint density at radius 3 is 1.84 bits per heavy atom. The molecular weight excluding hydrogens is 357 g/mol. The van der Waals surface area contributed by atoms with Gasteiger partial charge in [-0.05, 0) is 31.0 Å². The molecule has 1 unspecified atom stereocenters. The molecule has 1 aromatic carbocycles. The first-order valence-corrected chi connectivity index (χ1v) is 7.41. The molecule has 0 aliphatic carbocycles. The van der Waals surface area contributed by atoms with Crippen LogP contribution in [0.2, 0.25) is 0 Å². The minimum absolute atomic E-state index is 0.0245. The number of methoxy groups -OCH3 is 1. The van der Waals surface area contributed by atoms with E-state index in [1.807, 2.05) is 6.92 Å². The van der Waals surface area contributed by atoms with Gasteiger partial charge < -0.3 is 9.47 Å². The summed E-state index contributed by atoms with van der Waals surface area (Å²) in [6, 6.07) is 5.39. The van der Waals surface area contributed by atoms with Crippen molar-refractivity contribution >= 4 is 0 Å². The fraction of sp³-hybridized carbons (Fsp3) is 0.625. The highest BCUT2D eigenvalue weighted by Crippen LogP contribution is 2.51. The summed E-state index contributed by atoms with van der Waals surface area (Å²) in [4.78, 5) is 0. The van der Waals surface area contributed by atoms with E-state index < -0.39 is 30.0 Å². The van der Waals surface area contributed by atoms with Crippen LogP contribution in [0, 0.1) is 0 Å². The van der Waals surface area contributed by atoms with Gasteiger partial charge in [-0.1, -0.05) is 19.1 Å². The summed E-state index contributed by atoms with van der Waals surface area (Å²) in [6.45, 7) is 3.31. The lowest BCUT2D eigenvalue weighted by atomic mass is 9.87. The summed E-state index contributed by atoms with van der Waals surface area (Å²) in [5, 5.41) is 0. The van der Waals surface area contributed by atoms with Crippen molar-refractivity contribution in [3.8, 4) is 5.75 Å². The average molecular weight is 376 g/mol. The SMILES string of the molecule is CCCOc1ccc(C(C)(CC(F)(F)C(F)(F)C(F)(F)F)OC)cc1. The number of hydrogen-bond acceptors (Lipinski definition) is 2. The maximum absolute atomic E-state index is 13.7. The van der Waals surface area contributed by atoms with Crippen molar-refractivity contribution in [2.45, 2.75) is 50.3 Å². The monoisotopic (exact) mass is 376 g/mol. The lowest BCUT2D eigenvalue weighted by Gasteiger charge is -2.36. The molecule has 0 aliphatic heterocycles. The van der Waals surface area contributed by atoms with Crippen molar-refractivity contribution < 1.29 is 40.2 Å². The molecule has 0 saturated carbocycles. The van der Waals surface area contributed by atoms with E-state index in [2.05, 4.69) is 0 Å². The Kier molecular flexibility index (Phi) is 6.36. The normalized spacial score (nSPS) is 15.8. The van der Waals surface area contributed by atoms with Crippen LogP contribution >= 0.6 is 0 Å². The summed E-state index contributed by atoms with van der Waals surface area (Å²) in [7, 11) is 0.962. The second-order valence-electron chi connectivity index (χ2n) is 5.76. The van der Waals surface area contributed by atoms with Crippen molar-refractivity contribution in [3.63, 3.8) is 0 Å². The number of alkyl halides is 7. The minimum atomic E-state index is -6.37. The Bertz CT molecular complexity index is 555. The molecule has 1 rings (SSSR count). The molecular formula is C16H19F7O2. The molecule has 0 aliphatic rings. The summed E-state index contributed by atoms with van der Waals surface area (Å²) >= 11 is 0. The maximum atomic E-state index is 13.7. The fourth-order valence-corrected chi connectivity index (χ4v) is 2.16. The second-order valence-corrected chi connectivity index (χ2v) is 5.76. The van der Waals surface area contributed by atoms with Gasteiger partial charge in [0.25, 0.3) is 0 Å². The standard InChI is InChI=1S/C16H19F7O2/c1-4-9-25-12-7-5-11(6-8-12)13(2,24-3)10-14(17,18)15(19,20)16(21,22)23/h5-8H,4,9-10H2,1-3H3. The lowest BCUT2D eigenvalue weighted by Crippen LogP contribution is -2.54. The third-order valence-corrected chi connectivity index (χ3v) is 3.76. The van der Waals surface area contributed by atoms with Gasteiger partial charge in [-0.3, -0.25) is 0 Å². The third-order valence-electron chi connectivity index (χ3n) is 3.76. The molecule has 0 bridgehead atoms. The number of rotatable bonds is 8.